The lowest BCUT2D eigenvalue weighted by molar-refractivity contribution is 0.101. The topological polar surface area (TPSA) is 89.8 Å². The number of carbonyl (C=O) groups is 1. The Hall–Kier alpha value is -2.44. The zero-order chi connectivity index (χ0) is 13.3. The van der Waals surface area contributed by atoms with E-state index in [-0.39, 0.29) is 11.4 Å². The number of aromatic nitrogens is 4. The highest BCUT2D eigenvalue weighted by molar-refractivity contribution is 5.93. The first-order valence-corrected chi connectivity index (χ1v) is 5.44. The molecule has 2 aromatic heterocycles. The van der Waals surface area contributed by atoms with Crippen molar-refractivity contribution in [2.45, 2.75) is 20.4 Å². The van der Waals surface area contributed by atoms with Crippen LogP contribution in [0.25, 0.3) is 5.82 Å². The number of H-pyrrole nitrogens is 1. The molecule has 0 saturated carbocycles. The Morgan fingerprint density at radius 2 is 2.17 bits per heavy atom. The standard InChI is InChI=1S/C11H12N4O3/c1-3-14-5-4-9(13-14)15-10(17)8(7(2)16)6-12-11(15)18/h4-6H,3H2,1-2H3,(H,12,18). The van der Waals surface area contributed by atoms with Crippen molar-refractivity contribution in [2.24, 2.45) is 0 Å². The number of nitrogens with one attached hydrogen (secondary N) is 1. The molecule has 0 unspecified atom stereocenters. The smallest absolute Gasteiger partial charge is 0.313 e. The van der Waals surface area contributed by atoms with E-state index < -0.39 is 17.0 Å². The summed E-state index contributed by atoms with van der Waals surface area (Å²) in [7, 11) is 0. The van der Waals surface area contributed by atoms with Crippen molar-refractivity contribution in [3.8, 4) is 5.82 Å². The van der Waals surface area contributed by atoms with Crippen LogP contribution in [0, 0.1) is 0 Å². The second-order valence-corrected chi connectivity index (χ2v) is 3.73. The van der Waals surface area contributed by atoms with Crippen LogP contribution in [0.3, 0.4) is 0 Å². The van der Waals surface area contributed by atoms with Crippen LogP contribution in [0.15, 0.2) is 28.0 Å². The Morgan fingerprint density at radius 1 is 1.44 bits per heavy atom. The van der Waals surface area contributed by atoms with Crippen LogP contribution in [-0.4, -0.2) is 25.1 Å². The highest BCUT2D eigenvalue weighted by Crippen LogP contribution is 1.99. The summed E-state index contributed by atoms with van der Waals surface area (Å²) in [5.41, 5.74) is -1.35. The van der Waals surface area contributed by atoms with Crippen LogP contribution in [0.2, 0.25) is 0 Å². The zero-order valence-corrected chi connectivity index (χ0v) is 10.0. The first-order valence-electron chi connectivity index (χ1n) is 5.44. The number of ketones is 1. The van der Waals surface area contributed by atoms with E-state index in [4.69, 9.17) is 0 Å². The van der Waals surface area contributed by atoms with E-state index >= 15 is 0 Å². The average molecular weight is 248 g/mol. The van der Waals surface area contributed by atoms with E-state index in [1.807, 2.05) is 6.92 Å². The minimum atomic E-state index is -0.660. The normalized spacial score (nSPS) is 10.6. The van der Waals surface area contributed by atoms with Gasteiger partial charge < -0.3 is 4.98 Å². The third kappa shape index (κ3) is 1.90. The molecule has 0 saturated heterocycles. The summed E-state index contributed by atoms with van der Waals surface area (Å²) < 4.78 is 2.44. The number of Topliss-reactive ketones (excluding diaryl/α,β-unsaturated/α-hetero) is 1. The van der Waals surface area contributed by atoms with Crippen LogP contribution < -0.4 is 11.2 Å². The molecule has 7 heteroatoms. The fraction of sp³-hybridized carbons (Fsp3) is 0.273. The van der Waals surface area contributed by atoms with Gasteiger partial charge in [0.2, 0.25) is 0 Å². The Kier molecular flexibility index (Phi) is 2.97. The molecule has 0 aromatic carbocycles. The van der Waals surface area contributed by atoms with Crippen molar-refractivity contribution < 1.29 is 4.79 Å². The molecular weight excluding hydrogens is 236 g/mol. The molecule has 0 aliphatic heterocycles. The second kappa shape index (κ2) is 4.44. The zero-order valence-electron chi connectivity index (χ0n) is 10.0. The molecule has 18 heavy (non-hydrogen) atoms. The molecule has 2 aromatic rings. The molecule has 1 N–H and O–H groups in total. The van der Waals surface area contributed by atoms with E-state index in [1.54, 1.807) is 16.9 Å². The fourth-order valence-electron chi connectivity index (χ4n) is 1.58. The van der Waals surface area contributed by atoms with Gasteiger partial charge in [-0.25, -0.2) is 9.36 Å². The largest absolute Gasteiger partial charge is 0.334 e. The lowest BCUT2D eigenvalue weighted by atomic mass is 10.2. The molecule has 0 bridgehead atoms. The summed E-state index contributed by atoms with van der Waals surface area (Å²) in [6, 6.07) is 1.55. The van der Waals surface area contributed by atoms with Gasteiger partial charge in [-0.3, -0.25) is 14.3 Å². The fourth-order valence-corrected chi connectivity index (χ4v) is 1.58. The van der Waals surface area contributed by atoms with Crippen LogP contribution in [-0.2, 0) is 6.54 Å². The van der Waals surface area contributed by atoms with Gasteiger partial charge in [-0.2, -0.15) is 5.10 Å². The minimum Gasteiger partial charge on any atom is -0.313 e. The number of aryl methyl sites for hydroxylation is 1. The quantitative estimate of drug-likeness (QED) is 0.771. The van der Waals surface area contributed by atoms with Gasteiger partial charge in [0, 0.05) is 25.0 Å². The Bertz CT molecular complexity index is 708. The summed E-state index contributed by atoms with van der Waals surface area (Å²) in [5, 5.41) is 4.07. The predicted molar refractivity (Wildman–Crippen MR) is 64.1 cm³/mol. The van der Waals surface area contributed by atoms with Gasteiger partial charge in [0.1, 0.15) is 0 Å². The first-order chi connectivity index (χ1) is 8.54. The van der Waals surface area contributed by atoms with Crippen molar-refractivity contribution in [2.75, 3.05) is 0 Å². The Balaban J connectivity index is 2.70. The Morgan fingerprint density at radius 3 is 2.72 bits per heavy atom. The highest BCUT2D eigenvalue weighted by atomic mass is 16.2. The maximum Gasteiger partial charge on any atom is 0.334 e. The number of aromatic amines is 1. The van der Waals surface area contributed by atoms with Crippen molar-refractivity contribution >= 4 is 5.78 Å². The van der Waals surface area contributed by atoms with E-state index in [9.17, 15) is 14.4 Å². The summed E-state index contributed by atoms with van der Waals surface area (Å²) >= 11 is 0. The van der Waals surface area contributed by atoms with Gasteiger partial charge in [0.25, 0.3) is 5.56 Å². The number of hydrogen-bond donors (Lipinski definition) is 1. The van der Waals surface area contributed by atoms with Crippen LogP contribution >= 0.6 is 0 Å². The molecule has 94 valence electrons. The summed E-state index contributed by atoms with van der Waals surface area (Å²) in [5.74, 6) is -0.203. The monoisotopic (exact) mass is 248 g/mol. The molecule has 0 radical (unpaired) electrons. The van der Waals surface area contributed by atoms with Crippen LogP contribution in [0.5, 0.6) is 0 Å². The molecule has 0 amide bonds. The minimum absolute atomic E-state index is 0.0688. The number of rotatable bonds is 3. The molecular formula is C11H12N4O3. The predicted octanol–water partition coefficient (Wildman–Crippen LogP) is -0.0552. The maximum atomic E-state index is 12.0. The maximum absolute atomic E-state index is 12.0. The molecule has 0 atom stereocenters. The SMILES string of the molecule is CCn1ccc(-n2c(=O)[nH]cc(C(C)=O)c2=O)n1. The van der Waals surface area contributed by atoms with Crippen LogP contribution in [0.4, 0.5) is 0 Å². The summed E-state index contributed by atoms with van der Waals surface area (Å²) in [6.45, 7) is 3.78. The first kappa shape index (κ1) is 12.0. The number of carbonyl (C=O) groups excluding carboxylic acids is 1. The van der Waals surface area contributed by atoms with Gasteiger partial charge >= 0.3 is 5.69 Å². The molecule has 2 rings (SSSR count). The van der Waals surface area contributed by atoms with Crippen molar-refractivity contribution in [1.29, 1.82) is 0 Å². The van der Waals surface area contributed by atoms with Gasteiger partial charge in [-0.1, -0.05) is 0 Å². The molecule has 7 nitrogen and oxygen atoms in total. The third-order valence-corrected chi connectivity index (χ3v) is 2.54. The van der Waals surface area contributed by atoms with Gasteiger partial charge in [0.15, 0.2) is 11.6 Å². The summed E-state index contributed by atoms with van der Waals surface area (Å²) in [4.78, 5) is 37.3. The van der Waals surface area contributed by atoms with Gasteiger partial charge in [-0.05, 0) is 13.8 Å². The molecule has 0 aliphatic carbocycles. The number of hydrogen-bond acceptors (Lipinski definition) is 4. The lowest BCUT2D eigenvalue weighted by Gasteiger charge is -2.01. The van der Waals surface area contributed by atoms with Crippen molar-refractivity contribution in [3.63, 3.8) is 0 Å². The average Bonchev–Trinajstić information content (AvgIpc) is 2.77. The van der Waals surface area contributed by atoms with Crippen LogP contribution in [0.1, 0.15) is 24.2 Å². The molecule has 0 fully saturated rings. The lowest BCUT2D eigenvalue weighted by Crippen LogP contribution is -2.36. The highest BCUT2D eigenvalue weighted by Gasteiger charge is 2.13. The molecule has 0 spiro atoms. The molecule has 2 heterocycles. The third-order valence-electron chi connectivity index (χ3n) is 2.54. The molecule has 0 aliphatic rings. The second-order valence-electron chi connectivity index (χ2n) is 3.73. The van der Waals surface area contributed by atoms with Gasteiger partial charge in [0.05, 0.1) is 5.56 Å². The van der Waals surface area contributed by atoms with Crippen molar-refractivity contribution in [3.05, 3.63) is 44.9 Å². The van der Waals surface area contributed by atoms with E-state index in [2.05, 4.69) is 10.1 Å². The van der Waals surface area contributed by atoms with E-state index in [0.29, 0.717) is 6.54 Å². The Labute approximate surface area is 102 Å². The van der Waals surface area contributed by atoms with E-state index in [0.717, 1.165) is 10.8 Å². The number of nitrogens with zero attached hydrogens (tertiary/aromatic N) is 3. The van der Waals surface area contributed by atoms with Crippen molar-refractivity contribution in [1.82, 2.24) is 19.3 Å². The van der Waals surface area contributed by atoms with E-state index in [1.165, 1.54) is 6.92 Å². The summed E-state index contributed by atoms with van der Waals surface area (Å²) in [6.07, 6.45) is 2.78. The van der Waals surface area contributed by atoms with Gasteiger partial charge in [-0.15, -0.1) is 0 Å².